The molecule has 1 saturated heterocycles. The van der Waals surface area contributed by atoms with E-state index in [1.54, 1.807) is 0 Å². The lowest BCUT2D eigenvalue weighted by atomic mass is 9.95. The molecule has 0 aromatic heterocycles. The van der Waals surface area contributed by atoms with Crippen molar-refractivity contribution in [2.24, 2.45) is 0 Å². The SMILES string of the molecule is Cc1cc(Br)c(OC2CC2)c(C2CCCCN2)c1. The van der Waals surface area contributed by atoms with Crippen LogP contribution in [0.4, 0.5) is 0 Å². The van der Waals surface area contributed by atoms with Crippen molar-refractivity contribution < 1.29 is 4.74 Å². The lowest BCUT2D eigenvalue weighted by Crippen LogP contribution is -2.27. The molecule has 1 aliphatic heterocycles. The molecule has 1 aromatic rings. The highest BCUT2D eigenvalue weighted by atomic mass is 79.9. The summed E-state index contributed by atoms with van der Waals surface area (Å²) < 4.78 is 7.22. The van der Waals surface area contributed by atoms with Gasteiger partial charge in [-0.2, -0.15) is 0 Å². The summed E-state index contributed by atoms with van der Waals surface area (Å²) in [4.78, 5) is 0. The van der Waals surface area contributed by atoms with Crippen LogP contribution in [0.25, 0.3) is 0 Å². The first-order valence-corrected chi connectivity index (χ1v) is 7.73. The monoisotopic (exact) mass is 309 g/mol. The highest BCUT2D eigenvalue weighted by Gasteiger charge is 2.28. The summed E-state index contributed by atoms with van der Waals surface area (Å²) in [5, 5.41) is 3.62. The maximum absolute atomic E-state index is 6.11. The van der Waals surface area contributed by atoms with Gasteiger partial charge < -0.3 is 10.1 Å². The third-order valence-electron chi connectivity index (χ3n) is 3.71. The summed E-state index contributed by atoms with van der Waals surface area (Å²) in [6.07, 6.45) is 6.69. The molecular weight excluding hydrogens is 290 g/mol. The molecule has 2 nitrogen and oxygen atoms in total. The minimum Gasteiger partial charge on any atom is -0.489 e. The molecule has 3 heteroatoms. The Morgan fingerprint density at radius 2 is 2.06 bits per heavy atom. The van der Waals surface area contributed by atoms with Gasteiger partial charge in [0.2, 0.25) is 0 Å². The minimum absolute atomic E-state index is 0.450. The van der Waals surface area contributed by atoms with E-state index in [2.05, 4.69) is 40.3 Å². The Morgan fingerprint density at radius 1 is 1.22 bits per heavy atom. The van der Waals surface area contributed by atoms with Gasteiger partial charge in [0.25, 0.3) is 0 Å². The van der Waals surface area contributed by atoms with Crippen LogP contribution in [-0.4, -0.2) is 12.6 Å². The van der Waals surface area contributed by atoms with E-state index in [0.29, 0.717) is 12.1 Å². The van der Waals surface area contributed by atoms with Crippen molar-refractivity contribution in [1.29, 1.82) is 0 Å². The Labute approximate surface area is 117 Å². The fourth-order valence-corrected chi connectivity index (χ4v) is 3.29. The zero-order valence-corrected chi connectivity index (χ0v) is 12.4. The molecule has 1 N–H and O–H groups in total. The molecule has 18 heavy (non-hydrogen) atoms. The largest absolute Gasteiger partial charge is 0.489 e. The van der Waals surface area contributed by atoms with Crippen LogP contribution < -0.4 is 10.1 Å². The number of nitrogens with one attached hydrogen (secondary N) is 1. The first kappa shape index (κ1) is 12.5. The standard InChI is InChI=1S/C15H20BrNO/c1-10-8-12(14-4-2-3-7-17-14)15(13(16)9-10)18-11-5-6-11/h8-9,11,14,17H,2-7H2,1H3. The quantitative estimate of drug-likeness (QED) is 0.907. The number of rotatable bonds is 3. The number of hydrogen-bond donors (Lipinski definition) is 1. The number of benzene rings is 1. The van der Waals surface area contributed by atoms with E-state index in [4.69, 9.17) is 4.74 Å². The van der Waals surface area contributed by atoms with Crippen molar-refractivity contribution in [3.8, 4) is 5.75 Å². The molecule has 0 spiro atoms. The van der Waals surface area contributed by atoms with Gasteiger partial charge in [0.05, 0.1) is 10.6 Å². The smallest absolute Gasteiger partial charge is 0.138 e. The fourth-order valence-electron chi connectivity index (χ4n) is 2.61. The summed E-state index contributed by atoms with van der Waals surface area (Å²) in [6.45, 7) is 3.27. The zero-order valence-electron chi connectivity index (χ0n) is 10.8. The molecule has 0 amide bonds. The van der Waals surface area contributed by atoms with Crippen molar-refractivity contribution in [1.82, 2.24) is 5.32 Å². The fraction of sp³-hybridized carbons (Fsp3) is 0.600. The van der Waals surface area contributed by atoms with Gasteiger partial charge in [-0.25, -0.2) is 0 Å². The molecule has 0 bridgehead atoms. The lowest BCUT2D eigenvalue weighted by Gasteiger charge is -2.26. The number of hydrogen-bond acceptors (Lipinski definition) is 2. The molecule has 1 unspecified atom stereocenters. The Bertz CT molecular complexity index is 436. The van der Waals surface area contributed by atoms with Crippen LogP contribution in [0.15, 0.2) is 16.6 Å². The van der Waals surface area contributed by atoms with Crippen LogP contribution in [-0.2, 0) is 0 Å². The molecule has 2 fully saturated rings. The molecule has 1 atom stereocenters. The first-order valence-electron chi connectivity index (χ1n) is 6.94. The average Bonchev–Trinajstić information content (AvgIpc) is 3.17. The topological polar surface area (TPSA) is 21.3 Å². The molecule has 1 saturated carbocycles. The summed E-state index contributed by atoms with van der Waals surface area (Å²) in [5.41, 5.74) is 2.64. The van der Waals surface area contributed by atoms with Gasteiger partial charge in [0.15, 0.2) is 0 Å². The van der Waals surface area contributed by atoms with Gasteiger partial charge in [-0.3, -0.25) is 0 Å². The Morgan fingerprint density at radius 3 is 2.72 bits per heavy atom. The van der Waals surface area contributed by atoms with E-state index in [-0.39, 0.29) is 0 Å². The van der Waals surface area contributed by atoms with Crippen molar-refractivity contribution in [2.75, 3.05) is 6.54 Å². The van der Waals surface area contributed by atoms with E-state index in [9.17, 15) is 0 Å². The second-order valence-electron chi connectivity index (χ2n) is 5.48. The van der Waals surface area contributed by atoms with E-state index < -0.39 is 0 Å². The molecule has 0 radical (unpaired) electrons. The normalized spacial score (nSPS) is 24.0. The van der Waals surface area contributed by atoms with Crippen LogP contribution in [0.3, 0.4) is 0 Å². The van der Waals surface area contributed by atoms with Crippen LogP contribution in [0.5, 0.6) is 5.75 Å². The van der Waals surface area contributed by atoms with Crippen molar-refractivity contribution in [2.45, 2.75) is 51.2 Å². The van der Waals surface area contributed by atoms with Gasteiger partial charge in [0.1, 0.15) is 5.75 Å². The number of halogens is 1. The summed E-state index contributed by atoms with van der Waals surface area (Å²) in [5.74, 6) is 1.07. The van der Waals surface area contributed by atoms with Crippen molar-refractivity contribution in [3.63, 3.8) is 0 Å². The lowest BCUT2D eigenvalue weighted by molar-refractivity contribution is 0.290. The molecule has 1 aromatic carbocycles. The van der Waals surface area contributed by atoms with Crippen LogP contribution in [0, 0.1) is 6.92 Å². The third-order valence-corrected chi connectivity index (χ3v) is 4.30. The summed E-state index contributed by atoms with van der Waals surface area (Å²) in [6, 6.07) is 4.90. The number of piperidine rings is 1. The Kier molecular flexibility index (Phi) is 3.62. The maximum Gasteiger partial charge on any atom is 0.138 e. The van der Waals surface area contributed by atoms with Gasteiger partial charge in [-0.15, -0.1) is 0 Å². The first-order chi connectivity index (χ1) is 8.74. The predicted octanol–water partition coefficient (Wildman–Crippen LogP) is 4.11. The zero-order chi connectivity index (χ0) is 12.5. The van der Waals surface area contributed by atoms with Gasteiger partial charge in [0, 0.05) is 11.6 Å². The van der Waals surface area contributed by atoms with Crippen molar-refractivity contribution in [3.05, 3.63) is 27.7 Å². The summed E-state index contributed by atoms with van der Waals surface area (Å²) >= 11 is 3.67. The number of ether oxygens (including phenoxy) is 1. The molecule has 3 rings (SSSR count). The van der Waals surface area contributed by atoms with Gasteiger partial charge in [-0.05, 0) is 66.7 Å². The molecular formula is C15H20BrNO. The average molecular weight is 310 g/mol. The minimum atomic E-state index is 0.450. The van der Waals surface area contributed by atoms with Gasteiger partial charge in [-0.1, -0.05) is 12.5 Å². The van der Waals surface area contributed by atoms with E-state index in [1.807, 2.05) is 0 Å². The van der Waals surface area contributed by atoms with Crippen molar-refractivity contribution >= 4 is 15.9 Å². The van der Waals surface area contributed by atoms with Gasteiger partial charge >= 0.3 is 0 Å². The van der Waals surface area contributed by atoms with Crippen LogP contribution in [0.1, 0.15) is 49.3 Å². The Balaban J connectivity index is 1.92. The predicted molar refractivity (Wildman–Crippen MR) is 77.1 cm³/mol. The molecule has 1 aliphatic carbocycles. The second kappa shape index (κ2) is 5.22. The molecule has 1 heterocycles. The number of aryl methyl sites for hydroxylation is 1. The Hall–Kier alpha value is -0.540. The summed E-state index contributed by atoms with van der Waals surface area (Å²) in [7, 11) is 0. The van der Waals surface area contributed by atoms with E-state index in [1.165, 1.54) is 43.2 Å². The third kappa shape index (κ3) is 2.72. The van der Waals surface area contributed by atoms with E-state index >= 15 is 0 Å². The molecule has 2 aliphatic rings. The highest BCUT2D eigenvalue weighted by Crippen LogP contribution is 2.40. The van der Waals surface area contributed by atoms with Crippen LogP contribution in [0.2, 0.25) is 0 Å². The maximum atomic E-state index is 6.11. The highest BCUT2D eigenvalue weighted by molar-refractivity contribution is 9.10. The van der Waals surface area contributed by atoms with E-state index in [0.717, 1.165) is 16.8 Å². The second-order valence-corrected chi connectivity index (χ2v) is 6.34. The molecule has 98 valence electrons. The van der Waals surface area contributed by atoms with Crippen LogP contribution >= 0.6 is 15.9 Å².